The van der Waals surface area contributed by atoms with E-state index in [1.54, 1.807) is 6.20 Å². The van der Waals surface area contributed by atoms with Crippen molar-refractivity contribution in [3.8, 4) is 0 Å². The Balaban J connectivity index is 1.80. The lowest BCUT2D eigenvalue weighted by Crippen LogP contribution is -2.25. The van der Waals surface area contributed by atoms with Gasteiger partial charge in [-0.15, -0.1) is 0 Å². The minimum atomic E-state index is -0.664. The van der Waals surface area contributed by atoms with Crippen LogP contribution in [0.3, 0.4) is 0 Å². The number of hydrogen-bond acceptors (Lipinski definition) is 3. The highest BCUT2D eigenvalue weighted by Crippen LogP contribution is 2.16. The molecule has 1 aliphatic rings. The second-order valence-corrected chi connectivity index (χ2v) is 4.32. The SMILES string of the molecule is Cn1nccc1CCN1CCC(C(=O)O)C1. The molecule has 1 saturated heterocycles. The van der Waals surface area contributed by atoms with Crippen LogP contribution < -0.4 is 0 Å². The van der Waals surface area contributed by atoms with Crippen molar-refractivity contribution in [2.24, 2.45) is 13.0 Å². The Kier molecular flexibility index (Phi) is 3.24. The van der Waals surface area contributed by atoms with Gasteiger partial charge in [0, 0.05) is 38.4 Å². The summed E-state index contributed by atoms with van der Waals surface area (Å²) in [4.78, 5) is 13.0. The average Bonchev–Trinajstić information content (AvgIpc) is 2.83. The Hall–Kier alpha value is -1.36. The molecular formula is C11H17N3O2. The van der Waals surface area contributed by atoms with E-state index in [0.717, 1.165) is 25.9 Å². The topological polar surface area (TPSA) is 58.4 Å². The number of aromatic nitrogens is 2. The molecule has 0 amide bonds. The first-order valence-corrected chi connectivity index (χ1v) is 5.59. The summed E-state index contributed by atoms with van der Waals surface area (Å²) in [6.07, 6.45) is 3.50. The van der Waals surface area contributed by atoms with E-state index < -0.39 is 5.97 Å². The fourth-order valence-corrected chi connectivity index (χ4v) is 2.16. The fraction of sp³-hybridized carbons (Fsp3) is 0.636. The molecule has 0 aliphatic carbocycles. The van der Waals surface area contributed by atoms with E-state index in [4.69, 9.17) is 5.11 Å². The van der Waals surface area contributed by atoms with E-state index in [1.807, 2.05) is 17.8 Å². The van der Waals surface area contributed by atoms with Crippen molar-refractivity contribution in [1.29, 1.82) is 0 Å². The second-order valence-electron chi connectivity index (χ2n) is 4.32. The first-order valence-electron chi connectivity index (χ1n) is 5.59. The molecule has 0 radical (unpaired) electrons. The molecule has 2 rings (SSSR count). The summed E-state index contributed by atoms with van der Waals surface area (Å²) in [7, 11) is 1.93. The minimum absolute atomic E-state index is 0.175. The maximum Gasteiger partial charge on any atom is 0.307 e. The predicted molar refractivity (Wildman–Crippen MR) is 59.1 cm³/mol. The molecule has 1 aromatic rings. The third-order valence-corrected chi connectivity index (χ3v) is 3.23. The van der Waals surface area contributed by atoms with Crippen molar-refractivity contribution in [1.82, 2.24) is 14.7 Å². The van der Waals surface area contributed by atoms with Crippen LogP contribution in [0.2, 0.25) is 0 Å². The Labute approximate surface area is 94.7 Å². The zero-order chi connectivity index (χ0) is 11.5. The predicted octanol–water partition coefficient (Wildman–Crippen LogP) is 0.369. The van der Waals surface area contributed by atoms with Crippen LogP contribution in [0.15, 0.2) is 12.3 Å². The molecule has 0 spiro atoms. The summed E-state index contributed by atoms with van der Waals surface area (Å²) in [5.41, 5.74) is 1.19. The van der Waals surface area contributed by atoms with Crippen LogP contribution in [0.25, 0.3) is 0 Å². The molecule has 1 aliphatic heterocycles. The molecule has 1 unspecified atom stereocenters. The summed E-state index contributed by atoms with van der Waals surface area (Å²) < 4.78 is 1.87. The number of hydrogen-bond donors (Lipinski definition) is 1. The Morgan fingerprint density at radius 1 is 1.69 bits per heavy atom. The first kappa shape index (κ1) is 11.1. The van der Waals surface area contributed by atoms with Crippen molar-refractivity contribution in [2.45, 2.75) is 12.8 Å². The third-order valence-electron chi connectivity index (χ3n) is 3.23. The average molecular weight is 223 g/mol. The first-order chi connectivity index (χ1) is 7.66. The van der Waals surface area contributed by atoms with Gasteiger partial charge in [0.2, 0.25) is 0 Å². The fourth-order valence-electron chi connectivity index (χ4n) is 2.16. The van der Waals surface area contributed by atoms with Crippen LogP contribution in [0.5, 0.6) is 0 Å². The maximum atomic E-state index is 10.8. The van der Waals surface area contributed by atoms with Crippen LogP contribution in [0.1, 0.15) is 12.1 Å². The van der Waals surface area contributed by atoms with E-state index >= 15 is 0 Å². The summed E-state index contributed by atoms with van der Waals surface area (Å²) >= 11 is 0. The standard InChI is InChI=1S/C11H17N3O2/c1-13-10(2-5-12-13)4-7-14-6-3-9(8-14)11(15)16/h2,5,9H,3-4,6-8H2,1H3,(H,15,16). The zero-order valence-corrected chi connectivity index (χ0v) is 9.46. The van der Waals surface area contributed by atoms with Gasteiger partial charge >= 0.3 is 5.97 Å². The molecule has 0 saturated carbocycles. The lowest BCUT2D eigenvalue weighted by molar-refractivity contribution is -0.141. The van der Waals surface area contributed by atoms with Gasteiger partial charge in [0.25, 0.3) is 0 Å². The van der Waals surface area contributed by atoms with E-state index in [0.29, 0.717) is 6.54 Å². The molecule has 2 heterocycles. The lowest BCUT2D eigenvalue weighted by atomic mass is 10.1. The van der Waals surface area contributed by atoms with Crippen LogP contribution in [-0.4, -0.2) is 45.4 Å². The number of carbonyl (C=O) groups is 1. The van der Waals surface area contributed by atoms with E-state index in [2.05, 4.69) is 10.00 Å². The van der Waals surface area contributed by atoms with E-state index in [1.165, 1.54) is 5.69 Å². The molecule has 5 nitrogen and oxygen atoms in total. The molecule has 1 fully saturated rings. The summed E-state index contributed by atoms with van der Waals surface area (Å²) in [5.74, 6) is -0.838. The number of carboxylic acids is 1. The molecule has 1 atom stereocenters. The molecule has 16 heavy (non-hydrogen) atoms. The quantitative estimate of drug-likeness (QED) is 0.801. The molecule has 0 bridgehead atoms. The van der Waals surface area contributed by atoms with E-state index in [-0.39, 0.29) is 5.92 Å². The molecular weight excluding hydrogens is 206 g/mol. The van der Waals surface area contributed by atoms with Crippen molar-refractivity contribution in [2.75, 3.05) is 19.6 Å². The van der Waals surface area contributed by atoms with Gasteiger partial charge in [-0.25, -0.2) is 0 Å². The third kappa shape index (κ3) is 2.41. The van der Waals surface area contributed by atoms with Gasteiger partial charge < -0.3 is 10.0 Å². The number of rotatable bonds is 4. The smallest absolute Gasteiger partial charge is 0.307 e. The van der Waals surface area contributed by atoms with Crippen LogP contribution in [-0.2, 0) is 18.3 Å². The van der Waals surface area contributed by atoms with Crippen LogP contribution in [0, 0.1) is 5.92 Å². The Morgan fingerprint density at radius 2 is 2.50 bits per heavy atom. The number of aryl methyl sites for hydroxylation is 1. The molecule has 5 heteroatoms. The van der Waals surface area contributed by atoms with Gasteiger partial charge in [0.05, 0.1) is 5.92 Å². The molecule has 1 aromatic heterocycles. The largest absolute Gasteiger partial charge is 0.481 e. The zero-order valence-electron chi connectivity index (χ0n) is 9.46. The van der Waals surface area contributed by atoms with Crippen molar-refractivity contribution >= 4 is 5.97 Å². The lowest BCUT2D eigenvalue weighted by Gasteiger charge is -2.14. The summed E-state index contributed by atoms with van der Waals surface area (Å²) in [6.45, 7) is 2.51. The number of likely N-dealkylation sites (tertiary alicyclic amines) is 1. The van der Waals surface area contributed by atoms with Crippen molar-refractivity contribution in [3.63, 3.8) is 0 Å². The molecule has 0 aromatic carbocycles. The highest BCUT2D eigenvalue weighted by atomic mass is 16.4. The van der Waals surface area contributed by atoms with E-state index in [9.17, 15) is 4.79 Å². The number of aliphatic carboxylic acids is 1. The van der Waals surface area contributed by atoms with Crippen molar-refractivity contribution < 1.29 is 9.90 Å². The maximum absolute atomic E-state index is 10.8. The van der Waals surface area contributed by atoms with Crippen LogP contribution >= 0.6 is 0 Å². The van der Waals surface area contributed by atoms with Crippen molar-refractivity contribution in [3.05, 3.63) is 18.0 Å². The second kappa shape index (κ2) is 4.65. The number of carboxylic acid groups (broad SMARTS) is 1. The Bertz CT molecular complexity index is 375. The van der Waals surface area contributed by atoms with Gasteiger partial charge in [0.15, 0.2) is 0 Å². The monoisotopic (exact) mass is 223 g/mol. The normalized spacial score (nSPS) is 21.4. The number of nitrogens with zero attached hydrogens (tertiary/aromatic N) is 3. The van der Waals surface area contributed by atoms with Gasteiger partial charge in [-0.1, -0.05) is 0 Å². The van der Waals surface area contributed by atoms with Crippen LogP contribution in [0.4, 0.5) is 0 Å². The Morgan fingerprint density at radius 3 is 3.06 bits per heavy atom. The minimum Gasteiger partial charge on any atom is -0.481 e. The highest BCUT2D eigenvalue weighted by molar-refractivity contribution is 5.70. The molecule has 88 valence electrons. The molecule has 1 N–H and O–H groups in total. The van der Waals surface area contributed by atoms with Gasteiger partial charge in [0.1, 0.15) is 0 Å². The van der Waals surface area contributed by atoms with Gasteiger partial charge in [-0.3, -0.25) is 9.48 Å². The summed E-state index contributed by atoms with van der Waals surface area (Å²) in [6, 6.07) is 2.00. The summed E-state index contributed by atoms with van der Waals surface area (Å²) in [5, 5.41) is 13.0. The van der Waals surface area contributed by atoms with Gasteiger partial charge in [-0.2, -0.15) is 5.10 Å². The van der Waals surface area contributed by atoms with Gasteiger partial charge in [-0.05, 0) is 19.0 Å². The highest BCUT2D eigenvalue weighted by Gasteiger charge is 2.27.